The molecule has 0 radical (unpaired) electrons. The molecule has 0 heterocycles. The Balaban J connectivity index is 2.85. The fourth-order valence-corrected chi connectivity index (χ4v) is 1.77. The van der Waals surface area contributed by atoms with Gasteiger partial charge in [0.05, 0.1) is 0 Å². The molecule has 15 heavy (non-hydrogen) atoms. The molecule has 1 nitrogen and oxygen atoms in total. The minimum Gasteiger partial charge on any atom is -0.330 e. The second-order valence-electron chi connectivity index (χ2n) is 4.63. The second kappa shape index (κ2) is 5.00. The monoisotopic (exact) mass is 225 g/mol. The van der Waals surface area contributed by atoms with Crippen LogP contribution in [0.2, 0.25) is 5.02 Å². The van der Waals surface area contributed by atoms with E-state index in [1.807, 2.05) is 13.0 Å². The van der Waals surface area contributed by atoms with Gasteiger partial charge in [-0.1, -0.05) is 37.6 Å². The maximum absolute atomic E-state index is 5.99. The van der Waals surface area contributed by atoms with Crippen LogP contribution in [0.25, 0.3) is 0 Å². The van der Waals surface area contributed by atoms with Crippen LogP contribution < -0.4 is 5.73 Å². The third kappa shape index (κ3) is 3.22. The Kier molecular flexibility index (Phi) is 4.18. The van der Waals surface area contributed by atoms with E-state index in [1.54, 1.807) is 0 Å². The molecule has 0 aliphatic rings. The van der Waals surface area contributed by atoms with Gasteiger partial charge in [-0.05, 0) is 48.9 Å². The zero-order chi connectivity index (χ0) is 11.5. The summed E-state index contributed by atoms with van der Waals surface area (Å²) < 4.78 is 0. The molecular formula is C13H20ClN. The molecule has 84 valence electrons. The summed E-state index contributed by atoms with van der Waals surface area (Å²) in [4.78, 5) is 0. The standard InChI is InChI=1S/C13H20ClN/c1-4-13(3,9-15)8-11-5-6-12(14)10(2)7-11/h5-7H,4,8-9,15H2,1-3H3. The molecule has 0 saturated heterocycles. The van der Waals surface area contributed by atoms with Crippen molar-refractivity contribution < 1.29 is 0 Å². The van der Waals surface area contributed by atoms with Crippen molar-refractivity contribution >= 4 is 11.6 Å². The summed E-state index contributed by atoms with van der Waals surface area (Å²) in [5.74, 6) is 0. The minimum absolute atomic E-state index is 0.209. The first-order valence-electron chi connectivity index (χ1n) is 5.46. The van der Waals surface area contributed by atoms with E-state index in [4.69, 9.17) is 17.3 Å². The lowest BCUT2D eigenvalue weighted by atomic mass is 9.81. The van der Waals surface area contributed by atoms with Gasteiger partial charge in [-0.2, -0.15) is 0 Å². The molecule has 0 fully saturated rings. The molecule has 0 bridgehead atoms. The summed E-state index contributed by atoms with van der Waals surface area (Å²) in [6, 6.07) is 6.23. The van der Waals surface area contributed by atoms with Crippen molar-refractivity contribution in [3.05, 3.63) is 34.3 Å². The number of rotatable bonds is 4. The first kappa shape index (κ1) is 12.5. The van der Waals surface area contributed by atoms with Gasteiger partial charge < -0.3 is 5.73 Å². The van der Waals surface area contributed by atoms with Crippen molar-refractivity contribution in [3.63, 3.8) is 0 Å². The first-order valence-corrected chi connectivity index (χ1v) is 5.83. The van der Waals surface area contributed by atoms with E-state index >= 15 is 0 Å². The van der Waals surface area contributed by atoms with Crippen LogP contribution in [-0.4, -0.2) is 6.54 Å². The minimum atomic E-state index is 0.209. The van der Waals surface area contributed by atoms with E-state index in [0.29, 0.717) is 0 Å². The number of nitrogens with two attached hydrogens (primary N) is 1. The van der Waals surface area contributed by atoms with E-state index in [2.05, 4.69) is 26.0 Å². The molecule has 1 atom stereocenters. The van der Waals surface area contributed by atoms with Gasteiger partial charge in [0.25, 0.3) is 0 Å². The van der Waals surface area contributed by atoms with Gasteiger partial charge in [0.2, 0.25) is 0 Å². The summed E-state index contributed by atoms with van der Waals surface area (Å²) in [5.41, 5.74) is 8.48. The lowest BCUT2D eigenvalue weighted by Gasteiger charge is -2.26. The van der Waals surface area contributed by atoms with Gasteiger partial charge in [0, 0.05) is 5.02 Å². The number of hydrogen-bond donors (Lipinski definition) is 1. The Labute approximate surface area is 97.6 Å². The number of halogens is 1. The quantitative estimate of drug-likeness (QED) is 0.833. The van der Waals surface area contributed by atoms with Crippen LogP contribution in [0, 0.1) is 12.3 Å². The van der Waals surface area contributed by atoms with Gasteiger partial charge in [-0.15, -0.1) is 0 Å². The van der Waals surface area contributed by atoms with Gasteiger partial charge in [0.1, 0.15) is 0 Å². The van der Waals surface area contributed by atoms with Crippen LogP contribution >= 0.6 is 11.6 Å². The number of hydrogen-bond acceptors (Lipinski definition) is 1. The third-order valence-electron chi connectivity index (χ3n) is 3.20. The maximum Gasteiger partial charge on any atom is 0.0435 e. The van der Waals surface area contributed by atoms with E-state index in [0.717, 1.165) is 30.0 Å². The largest absolute Gasteiger partial charge is 0.330 e. The van der Waals surface area contributed by atoms with Crippen LogP contribution in [0.15, 0.2) is 18.2 Å². The highest BCUT2D eigenvalue weighted by Gasteiger charge is 2.20. The molecule has 1 aromatic rings. The van der Waals surface area contributed by atoms with E-state index in [1.165, 1.54) is 5.56 Å². The first-order chi connectivity index (χ1) is 7.00. The highest BCUT2D eigenvalue weighted by atomic mass is 35.5. The average molecular weight is 226 g/mol. The molecule has 1 aromatic carbocycles. The third-order valence-corrected chi connectivity index (χ3v) is 3.62. The molecule has 0 amide bonds. The fraction of sp³-hybridized carbons (Fsp3) is 0.538. The highest BCUT2D eigenvalue weighted by molar-refractivity contribution is 6.31. The SMILES string of the molecule is CCC(C)(CN)Cc1ccc(Cl)c(C)c1. The molecule has 2 N–H and O–H groups in total. The summed E-state index contributed by atoms with van der Waals surface area (Å²) in [6.45, 7) is 7.19. The topological polar surface area (TPSA) is 26.0 Å². The molecule has 0 aromatic heterocycles. The zero-order valence-electron chi connectivity index (χ0n) is 9.81. The van der Waals surface area contributed by atoms with Crippen molar-refractivity contribution in [1.82, 2.24) is 0 Å². The predicted octanol–water partition coefficient (Wildman–Crippen LogP) is 3.57. The molecule has 1 unspecified atom stereocenters. The lowest BCUT2D eigenvalue weighted by molar-refractivity contribution is 0.320. The molecule has 2 heteroatoms. The molecule has 0 spiro atoms. The van der Waals surface area contributed by atoms with Gasteiger partial charge in [-0.3, -0.25) is 0 Å². The zero-order valence-corrected chi connectivity index (χ0v) is 10.6. The maximum atomic E-state index is 5.99. The molecule has 0 saturated carbocycles. The van der Waals surface area contributed by atoms with Gasteiger partial charge >= 0.3 is 0 Å². The van der Waals surface area contributed by atoms with Crippen molar-refractivity contribution in [1.29, 1.82) is 0 Å². The molecule has 0 aliphatic heterocycles. The number of aryl methyl sites for hydroxylation is 1. The second-order valence-corrected chi connectivity index (χ2v) is 5.04. The Bertz CT molecular complexity index is 329. The van der Waals surface area contributed by atoms with Crippen molar-refractivity contribution in [3.8, 4) is 0 Å². The average Bonchev–Trinajstić information content (AvgIpc) is 2.23. The van der Waals surface area contributed by atoms with E-state index < -0.39 is 0 Å². The van der Waals surface area contributed by atoms with Crippen LogP contribution in [-0.2, 0) is 6.42 Å². The molecule has 0 aliphatic carbocycles. The van der Waals surface area contributed by atoms with Crippen LogP contribution in [0.4, 0.5) is 0 Å². The highest BCUT2D eigenvalue weighted by Crippen LogP contribution is 2.26. The van der Waals surface area contributed by atoms with Gasteiger partial charge in [0.15, 0.2) is 0 Å². The smallest absolute Gasteiger partial charge is 0.0435 e. The van der Waals surface area contributed by atoms with E-state index in [-0.39, 0.29) is 5.41 Å². The van der Waals surface area contributed by atoms with Gasteiger partial charge in [-0.25, -0.2) is 0 Å². The van der Waals surface area contributed by atoms with Crippen molar-refractivity contribution in [2.45, 2.75) is 33.6 Å². The van der Waals surface area contributed by atoms with Crippen LogP contribution in [0.1, 0.15) is 31.4 Å². The van der Waals surface area contributed by atoms with E-state index in [9.17, 15) is 0 Å². The summed E-state index contributed by atoms with van der Waals surface area (Å²) >= 11 is 5.99. The van der Waals surface area contributed by atoms with Crippen LogP contribution in [0.5, 0.6) is 0 Å². The number of benzene rings is 1. The van der Waals surface area contributed by atoms with Crippen LogP contribution in [0.3, 0.4) is 0 Å². The summed E-state index contributed by atoms with van der Waals surface area (Å²) in [7, 11) is 0. The summed E-state index contributed by atoms with van der Waals surface area (Å²) in [5, 5.41) is 0.838. The Morgan fingerprint density at radius 3 is 2.53 bits per heavy atom. The lowest BCUT2D eigenvalue weighted by Crippen LogP contribution is -2.28. The Hall–Kier alpha value is -0.530. The fourth-order valence-electron chi connectivity index (χ4n) is 1.65. The Morgan fingerprint density at radius 1 is 1.40 bits per heavy atom. The normalized spacial score (nSPS) is 15.0. The Morgan fingerprint density at radius 2 is 2.07 bits per heavy atom. The van der Waals surface area contributed by atoms with Crippen molar-refractivity contribution in [2.75, 3.05) is 6.54 Å². The molecule has 1 rings (SSSR count). The van der Waals surface area contributed by atoms with Crippen molar-refractivity contribution in [2.24, 2.45) is 11.1 Å². The summed E-state index contributed by atoms with van der Waals surface area (Å²) in [6.07, 6.45) is 2.13. The molecular weight excluding hydrogens is 206 g/mol. The predicted molar refractivity (Wildman–Crippen MR) is 67.3 cm³/mol.